The number of nitrogens with zero attached hydrogens (tertiary/aromatic N) is 3. The van der Waals surface area contributed by atoms with Crippen molar-refractivity contribution in [2.75, 3.05) is 51.8 Å². The van der Waals surface area contributed by atoms with Crippen LogP contribution < -0.4 is 10.6 Å². The van der Waals surface area contributed by atoms with Crippen molar-refractivity contribution in [3.05, 3.63) is 47.9 Å². The molecule has 0 saturated carbocycles. The van der Waals surface area contributed by atoms with Gasteiger partial charge in [-0.05, 0) is 31.2 Å². The number of carbonyl (C=O) groups is 1. The summed E-state index contributed by atoms with van der Waals surface area (Å²) in [5.74, 6) is 0.782. The number of amides is 1. The Balaban J connectivity index is 1.53. The highest BCUT2D eigenvalue weighted by Crippen LogP contribution is 2.22. The van der Waals surface area contributed by atoms with E-state index >= 15 is 0 Å². The average molecular weight is 385 g/mol. The third kappa shape index (κ3) is 5.98. The Morgan fingerprint density at radius 1 is 1.36 bits per heavy atom. The SMILES string of the molecule is COCCNC(=O)CN1CCOC(c2ccc(Nc3cccc(C)n3)cn2)C1. The van der Waals surface area contributed by atoms with Gasteiger partial charge in [0, 0.05) is 32.4 Å². The van der Waals surface area contributed by atoms with Gasteiger partial charge in [0.05, 0.1) is 37.3 Å². The summed E-state index contributed by atoms with van der Waals surface area (Å²) >= 11 is 0. The fraction of sp³-hybridized carbons (Fsp3) is 0.450. The van der Waals surface area contributed by atoms with Gasteiger partial charge in [0.2, 0.25) is 5.91 Å². The van der Waals surface area contributed by atoms with Gasteiger partial charge in [-0.25, -0.2) is 4.98 Å². The maximum atomic E-state index is 12.0. The van der Waals surface area contributed by atoms with Gasteiger partial charge >= 0.3 is 0 Å². The molecule has 3 rings (SSSR count). The van der Waals surface area contributed by atoms with E-state index in [9.17, 15) is 4.79 Å². The first-order valence-corrected chi connectivity index (χ1v) is 9.40. The number of aromatic nitrogens is 2. The molecule has 1 aliphatic rings. The molecule has 1 unspecified atom stereocenters. The van der Waals surface area contributed by atoms with Gasteiger partial charge in [-0.1, -0.05) is 6.07 Å². The molecule has 0 aromatic carbocycles. The lowest BCUT2D eigenvalue weighted by molar-refractivity contribution is -0.124. The third-order valence-electron chi connectivity index (χ3n) is 4.42. The molecule has 1 saturated heterocycles. The minimum atomic E-state index is -0.147. The third-order valence-corrected chi connectivity index (χ3v) is 4.42. The van der Waals surface area contributed by atoms with Crippen molar-refractivity contribution in [1.29, 1.82) is 0 Å². The molecule has 1 amide bonds. The molecule has 3 heterocycles. The second-order valence-corrected chi connectivity index (χ2v) is 6.70. The van der Waals surface area contributed by atoms with Gasteiger partial charge in [-0.3, -0.25) is 14.7 Å². The first-order chi connectivity index (χ1) is 13.6. The van der Waals surface area contributed by atoms with Crippen molar-refractivity contribution in [3.63, 3.8) is 0 Å². The Morgan fingerprint density at radius 3 is 3.00 bits per heavy atom. The summed E-state index contributed by atoms with van der Waals surface area (Å²) in [4.78, 5) is 23.0. The summed E-state index contributed by atoms with van der Waals surface area (Å²) in [6.45, 7) is 5.28. The van der Waals surface area contributed by atoms with Crippen LogP contribution in [0.2, 0.25) is 0 Å². The molecule has 1 fully saturated rings. The number of methoxy groups -OCH3 is 1. The first-order valence-electron chi connectivity index (χ1n) is 9.40. The zero-order valence-electron chi connectivity index (χ0n) is 16.4. The van der Waals surface area contributed by atoms with E-state index in [4.69, 9.17) is 9.47 Å². The summed E-state index contributed by atoms with van der Waals surface area (Å²) in [6.07, 6.45) is 1.63. The molecule has 0 radical (unpaired) electrons. The summed E-state index contributed by atoms with van der Waals surface area (Å²) < 4.78 is 10.8. The van der Waals surface area contributed by atoms with Crippen LogP contribution in [0.25, 0.3) is 0 Å². The van der Waals surface area contributed by atoms with E-state index in [0.29, 0.717) is 32.8 Å². The van der Waals surface area contributed by atoms with Crippen LogP contribution in [0.15, 0.2) is 36.5 Å². The number of hydrogen-bond donors (Lipinski definition) is 2. The summed E-state index contributed by atoms with van der Waals surface area (Å²) in [5, 5.41) is 6.09. The second kappa shape index (κ2) is 10.1. The van der Waals surface area contributed by atoms with Gasteiger partial charge in [-0.2, -0.15) is 0 Å². The fourth-order valence-corrected chi connectivity index (χ4v) is 3.01. The van der Waals surface area contributed by atoms with Crippen LogP contribution in [-0.4, -0.2) is 67.3 Å². The molecule has 1 atom stereocenters. The van der Waals surface area contributed by atoms with Crippen molar-refractivity contribution in [2.24, 2.45) is 0 Å². The largest absolute Gasteiger partial charge is 0.383 e. The lowest BCUT2D eigenvalue weighted by Gasteiger charge is -2.32. The fourth-order valence-electron chi connectivity index (χ4n) is 3.01. The van der Waals surface area contributed by atoms with Crippen molar-refractivity contribution in [2.45, 2.75) is 13.0 Å². The molecule has 0 bridgehead atoms. The number of rotatable bonds is 8. The van der Waals surface area contributed by atoms with Crippen LogP contribution in [0.3, 0.4) is 0 Å². The zero-order chi connectivity index (χ0) is 19.8. The number of ether oxygens (including phenoxy) is 2. The van der Waals surface area contributed by atoms with Crippen molar-refractivity contribution in [1.82, 2.24) is 20.2 Å². The maximum absolute atomic E-state index is 12.0. The standard InChI is InChI=1S/C20H27N5O3/c1-15-4-3-5-19(23-15)24-16-6-7-17(22-12-16)18-13-25(9-11-28-18)14-20(26)21-8-10-27-2/h3-7,12,18H,8-11,13-14H2,1-2H3,(H,21,26)(H,23,24). The van der Waals surface area contributed by atoms with E-state index < -0.39 is 0 Å². The first kappa shape index (κ1) is 20.2. The normalized spacial score (nSPS) is 17.3. The van der Waals surface area contributed by atoms with Gasteiger partial charge in [0.25, 0.3) is 0 Å². The minimum absolute atomic E-state index is 0.00383. The quantitative estimate of drug-likeness (QED) is 0.668. The van der Waals surface area contributed by atoms with Crippen molar-refractivity contribution >= 4 is 17.4 Å². The number of hydrogen-bond acceptors (Lipinski definition) is 7. The number of anilines is 2. The molecule has 2 N–H and O–H groups in total. The number of nitrogens with one attached hydrogen (secondary N) is 2. The van der Waals surface area contributed by atoms with E-state index in [2.05, 4.69) is 25.5 Å². The van der Waals surface area contributed by atoms with E-state index in [1.165, 1.54) is 0 Å². The van der Waals surface area contributed by atoms with Gasteiger partial charge in [-0.15, -0.1) is 0 Å². The van der Waals surface area contributed by atoms with Crippen LogP contribution in [-0.2, 0) is 14.3 Å². The molecule has 2 aromatic heterocycles. The maximum Gasteiger partial charge on any atom is 0.234 e. The number of pyridine rings is 2. The lowest BCUT2D eigenvalue weighted by Crippen LogP contribution is -2.44. The molecular weight excluding hydrogens is 358 g/mol. The molecule has 8 heteroatoms. The Labute approximate surface area is 165 Å². The number of carbonyl (C=O) groups excluding carboxylic acids is 1. The Kier molecular flexibility index (Phi) is 7.30. The van der Waals surface area contributed by atoms with Gasteiger partial charge in [0.15, 0.2) is 0 Å². The Morgan fingerprint density at radius 2 is 2.25 bits per heavy atom. The van der Waals surface area contributed by atoms with Crippen LogP contribution in [0.5, 0.6) is 0 Å². The summed E-state index contributed by atoms with van der Waals surface area (Å²) in [6, 6.07) is 9.75. The molecule has 150 valence electrons. The highest BCUT2D eigenvalue weighted by Gasteiger charge is 2.24. The number of morpholine rings is 1. The predicted octanol–water partition coefficient (Wildman–Crippen LogP) is 1.66. The monoisotopic (exact) mass is 385 g/mol. The summed E-state index contributed by atoms with van der Waals surface area (Å²) in [7, 11) is 1.62. The van der Waals surface area contributed by atoms with Gasteiger partial charge < -0.3 is 20.1 Å². The van der Waals surface area contributed by atoms with E-state index in [1.54, 1.807) is 13.3 Å². The van der Waals surface area contributed by atoms with E-state index in [0.717, 1.165) is 29.4 Å². The highest BCUT2D eigenvalue weighted by molar-refractivity contribution is 5.78. The number of aryl methyl sites for hydroxylation is 1. The lowest BCUT2D eigenvalue weighted by atomic mass is 10.2. The Bertz CT molecular complexity index is 769. The highest BCUT2D eigenvalue weighted by atomic mass is 16.5. The average Bonchev–Trinajstić information content (AvgIpc) is 2.69. The molecular formula is C20H27N5O3. The molecule has 28 heavy (non-hydrogen) atoms. The second-order valence-electron chi connectivity index (χ2n) is 6.70. The molecule has 0 spiro atoms. The van der Waals surface area contributed by atoms with Crippen LogP contribution in [0.1, 0.15) is 17.5 Å². The Hall–Kier alpha value is -2.55. The zero-order valence-corrected chi connectivity index (χ0v) is 16.4. The van der Waals surface area contributed by atoms with E-state index in [1.807, 2.05) is 37.3 Å². The van der Waals surface area contributed by atoms with Crippen LogP contribution in [0.4, 0.5) is 11.5 Å². The van der Waals surface area contributed by atoms with Crippen molar-refractivity contribution in [3.8, 4) is 0 Å². The van der Waals surface area contributed by atoms with Crippen LogP contribution in [0, 0.1) is 6.92 Å². The minimum Gasteiger partial charge on any atom is -0.383 e. The molecule has 8 nitrogen and oxygen atoms in total. The van der Waals surface area contributed by atoms with E-state index in [-0.39, 0.29) is 12.0 Å². The molecule has 1 aliphatic heterocycles. The van der Waals surface area contributed by atoms with Gasteiger partial charge in [0.1, 0.15) is 11.9 Å². The topological polar surface area (TPSA) is 88.6 Å². The molecule has 0 aliphatic carbocycles. The summed E-state index contributed by atoms with van der Waals surface area (Å²) in [5.41, 5.74) is 2.68. The smallest absolute Gasteiger partial charge is 0.234 e. The molecule has 2 aromatic rings. The van der Waals surface area contributed by atoms with Crippen LogP contribution >= 0.6 is 0 Å². The van der Waals surface area contributed by atoms with Crippen molar-refractivity contribution < 1.29 is 14.3 Å². The predicted molar refractivity (Wildman–Crippen MR) is 107 cm³/mol.